The van der Waals surface area contributed by atoms with Gasteiger partial charge in [-0.3, -0.25) is 14.2 Å². The zero-order valence-electron chi connectivity index (χ0n) is 28.5. The van der Waals surface area contributed by atoms with Crippen molar-refractivity contribution in [3.63, 3.8) is 0 Å². The van der Waals surface area contributed by atoms with Crippen molar-refractivity contribution in [3.8, 4) is 0 Å². The predicted octanol–water partition coefficient (Wildman–Crippen LogP) is 2.74. The molecule has 0 radical (unpaired) electrons. The number of aliphatic hydroxyl groups is 3. The van der Waals surface area contributed by atoms with E-state index < -0.39 is 31.1 Å². The lowest BCUT2D eigenvalue weighted by Gasteiger charge is -2.16. The molecular formula is C36H36N10O6S2. The smallest absolute Gasteiger partial charge is 0.228 e. The van der Waals surface area contributed by atoms with Gasteiger partial charge in [0.15, 0.2) is 28.3 Å². The highest BCUT2D eigenvalue weighted by Crippen LogP contribution is 2.32. The van der Waals surface area contributed by atoms with Crippen molar-refractivity contribution in [2.24, 2.45) is 4.99 Å². The summed E-state index contributed by atoms with van der Waals surface area (Å²) in [5, 5.41) is 47.8. The molecule has 2 aromatic heterocycles. The molecule has 0 unspecified atom stereocenters. The van der Waals surface area contributed by atoms with E-state index in [9.17, 15) is 24.9 Å². The van der Waals surface area contributed by atoms with Crippen LogP contribution in [0.2, 0.25) is 0 Å². The second-order valence-electron chi connectivity index (χ2n) is 12.2. The van der Waals surface area contributed by atoms with Gasteiger partial charge in [0.25, 0.3) is 0 Å². The van der Waals surface area contributed by atoms with E-state index >= 15 is 0 Å². The summed E-state index contributed by atoms with van der Waals surface area (Å²) >= 11 is 9.90. The van der Waals surface area contributed by atoms with Crippen LogP contribution in [0.15, 0.2) is 90.4 Å². The largest absolute Gasteiger partial charge is 0.394 e. The Kier molecular flexibility index (Phi) is 12.6. The lowest BCUT2D eigenvalue weighted by atomic mass is 10.1. The van der Waals surface area contributed by atoms with Crippen LogP contribution in [0.5, 0.6) is 0 Å². The number of carbonyl (C=O) groups excluding carboxylic acids is 2. The molecule has 8 N–H and O–H groups in total. The number of nitrogens with zero attached hydrogens (tertiary/aromatic N) is 5. The fraction of sp³-hybridized carbons (Fsp3) is 0.250. The number of thiocarbonyl (C=S) groups is 2. The van der Waals surface area contributed by atoms with E-state index in [1.54, 1.807) is 48.5 Å². The number of fused-ring (bicyclic) bond motifs is 1. The van der Waals surface area contributed by atoms with Crippen LogP contribution in [-0.4, -0.2) is 94.9 Å². The third kappa shape index (κ3) is 9.63. The maximum Gasteiger partial charge on any atom is 0.228 e. The van der Waals surface area contributed by atoms with Crippen LogP contribution in [0.3, 0.4) is 0 Å². The topological polar surface area (TPSA) is 220 Å². The van der Waals surface area contributed by atoms with Crippen LogP contribution in [0.1, 0.15) is 17.4 Å². The highest BCUT2D eigenvalue weighted by atomic mass is 32.1. The van der Waals surface area contributed by atoms with Gasteiger partial charge < -0.3 is 46.6 Å². The summed E-state index contributed by atoms with van der Waals surface area (Å²) in [5.74, 6) is 0.0569. The number of nitrogens with one attached hydrogen (secondary N) is 5. The summed E-state index contributed by atoms with van der Waals surface area (Å²) in [4.78, 5) is 42.1. The van der Waals surface area contributed by atoms with E-state index in [0.29, 0.717) is 52.2 Å². The van der Waals surface area contributed by atoms with Crippen molar-refractivity contribution in [1.29, 1.82) is 0 Å². The van der Waals surface area contributed by atoms with Crippen molar-refractivity contribution in [2.45, 2.75) is 37.4 Å². The average molecular weight is 769 g/mol. The Morgan fingerprint density at radius 1 is 0.815 bits per heavy atom. The molecule has 0 bridgehead atoms. The fourth-order valence-corrected chi connectivity index (χ4v) is 5.98. The van der Waals surface area contributed by atoms with Crippen LogP contribution in [-0.2, 0) is 27.2 Å². The molecule has 54 heavy (non-hydrogen) atoms. The molecule has 1 fully saturated rings. The number of anilines is 4. The van der Waals surface area contributed by atoms with Crippen molar-refractivity contribution < 1.29 is 29.6 Å². The minimum atomic E-state index is -1.28. The summed E-state index contributed by atoms with van der Waals surface area (Å²) in [7, 11) is 0. The monoisotopic (exact) mass is 768 g/mol. The Bertz CT molecular complexity index is 2140. The maximum absolute atomic E-state index is 12.8. The number of isothiocyanates is 1. The van der Waals surface area contributed by atoms with E-state index in [-0.39, 0.29) is 24.7 Å². The zero-order chi connectivity index (χ0) is 38.0. The Balaban J connectivity index is 0.922. The summed E-state index contributed by atoms with van der Waals surface area (Å²) in [5.41, 5.74) is 5.14. The van der Waals surface area contributed by atoms with Gasteiger partial charge in [-0.15, -0.1) is 0 Å². The van der Waals surface area contributed by atoms with Gasteiger partial charge in [-0.2, -0.15) is 4.99 Å². The van der Waals surface area contributed by atoms with E-state index in [1.165, 1.54) is 17.2 Å². The van der Waals surface area contributed by atoms with Gasteiger partial charge in [-0.1, -0.05) is 24.3 Å². The molecule has 0 saturated carbocycles. The minimum absolute atomic E-state index is 0.139. The highest BCUT2D eigenvalue weighted by Gasteiger charge is 2.44. The Labute approximate surface area is 319 Å². The van der Waals surface area contributed by atoms with Gasteiger partial charge in [0.2, 0.25) is 11.8 Å². The second-order valence-corrected chi connectivity index (χ2v) is 12.8. The molecule has 1 saturated heterocycles. The first kappa shape index (κ1) is 38.0. The standard InChI is InChI=1S/C36H36N10O6S2/c47-17-27-31(50)32(51)35(52-27)46-19-41-30-33(39-18-40-34(30)46)44-25-7-3-22(4-8-25)16-29(49)43-24-5-1-21(2-6-24)15-28(48)37-13-14-38-36(54)45-26-11-9-23(10-12-26)42-20-53/h1-12,18-19,27,31-32,35,47,50-51H,13-17H2,(H,37,48)(H,43,49)(H2,38,45,54)(H,39,40,44)/t27-,31-,32-,35-/m1/s1. The van der Waals surface area contributed by atoms with Crippen molar-refractivity contribution in [2.75, 3.05) is 35.6 Å². The van der Waals surface area contributed by atoms with E-state index in [2.05, 4.69) is 63.9 Å². The number of benzene rings is 3. The number of aliphatic imine (C=N–C) groups is 1. The average Bonchev–Trinajstić information content (AvgIpc) is 3.72. The maximum atomic E-state index is 12.8. The van der Waals surface area contributed by atoms with E-state index in [1.807, 2.05) is 24.3 Å². The molecule has 2 amide bonds. The molecular weight excluding hydrogens is 733 g/mol. The second kappa shape index (κ2) is 17.9. The van der Waals surface area contributed by atoms with Crippen molar-refractivity contribution in [1.82, 2.24) is 30.2 Å². The third-order valence-electron chi connectivity index (χ3n) is 8.37. The molecule has 278 valence electrons. The Morgan fingerprint density at radius 2 is 1.44 bits per heavy atom. The SMILES string of the molecule is O=C(Cc1ccc(NC(=O)Cc2ccc(Nc3ncnc4c3ncn4[C@@H]3O[C@H](CO)[C@@H](O)[C@H]3O)cc2)cc1)NCCNC(=S)Nc1ccc(N=C=S)cc1. The first-order valence-electron chi connectivity index (χ1n) is 16.7. The minimum Gasteiger partial charge on any atom is -0.394 e. The van der Waals surface area contributed by atoms with Gasteiger partial charge in [0.05, 0.1) is 36.6 Å². The summed E-state index contributed by atoms with van der Waals surface area (Å²) < 4.78 is 7.10. The predicted molar refractivity (Wildman–Crippen MR) is 209 cm³/mol. The number of amides is 2. The van der Waals surface area contributed by atoms with Crippen LogP contribution in [0, 0.1) is 0 Å². The molecule has 0 spiro atoms. The van der Waals surface area contributed by atoms with Gasteiger partial charge in [0.1, 0.15) is 24.6 Å². The number of rotatable bonds is 14. The van der Waals surface area contributed by atoms with Gasteiger partial charge in [0, 0.05) is 30.2 Å². The van der Waals surface area contributed by atoms with Gasteiger partial charge in [-0.05, 0) is 84.1 Å². The molecule has 1 aliphatic heterocycles. The van der Waals surface area contributed by atoms with Crippen LogP contribution in [0.4, 0.5) is 28.6 Å². The molecule has 3 heterocycles. The molecule has 18 heteroatoms. The third-order valence-corrected chi connectivity index (χ3v) is 8.70. The molecule has 6 rings (SSSR count). The first-order valence-corrected chi connectivity index (χ1v) is 17.6. The fourth-order valence-electron chi connectivity index (χ4n) is 5.65. The number of aliphatic hydroxyl groups excluding tert-OH is 3. The summed E-state index contributed by atoms with van der Waals surface area (Å²) in [6.45, 7) is 0.374. The summed E-state index contributed by atoms with van der Waals surface area (Å²) in [6.07, 6.45) is -1.37. The number of imidazole rings is 1. The lowest BCUT2D eigenvalue weighted by molar-refractivity contribution is -0.120. The zero-order valence-corrected chi connectivity index (χ0v) is 30.2. The Hall–Kier alpha value is -5.72. The van der Waals surface area contributed by atoms with Crippen molar-refractivity contribution >= 4 is 86.3 Å². The molecule has 0 aliphatic carbocycles. The molecule has 5 aromatic rings. The normalized spacial score (nSPS) is 17.7. The lowest BCUT2D eigenvalue weighted by Crippen LogP contribution is -2.37. The molecule has 1 aliphatic rings. The Morgan fingerprint density at radius 3 is 2.11 bits per heavy atom. The number of hydrogen-bond acceptors (Lipinski definition) is 13. The van der Waals surface area contributed by atoms with Crippen LogP contribution in [0.25, 0.3) is 11.2 Å². The van der Waals surface area contributed by atoms with Crippen LogP contribution >= 0.6 is 24.4 Å². The molecule has 3 aromatic carbocycles. The molecule has 16 nitrogen and oxygen atoms in total. The quantitative estimate of drug-likeness (QED) is 0.0463. The van der Waals surface area contributed by atoms with Gasteiger partial charge in [-0.25, -0.2) is 15.0 Å². The van der Waals surface area contributed by atoms with Crippen molar-refractivity contribution in [3.05, 3.63) is 96.6 Å². The number of ether oxygens (including phenoxy) is 1. The van der Waals surface area contributed by atoms with E-state index in [0.717, 1.165) is 16.8 Å². The number of carbonyl (C=O) groups is 2. The molecule has 4 atom stereocenters. The van der Waals surface area contributed by atoms with Gasteiger partial charge >= 0.3 is 0 Å². The summed E-state index contributed by atoms with van der Waals surface area (Å²) in [6, 6.07) is 21.6. The van der Waals surface area contributed by atoms with Crippen LogP contribution < -0.4 is 26.6 Å². The first-order chi connectivity index (χ1) is 26.2. The number of hydrogen-bond donors (Lipinski definition) is 8. The highest BCUT2D eigenvalue weighted by molar-refractivity contribution is 7.80. The van der Waals surface area contributed by atoms with E-state index in [4.69, 9.17) is 17.0 Å². The number of aromatic nitrogens is 4.